The van der Waals surface area contributed by atoms with E-state index in [0.717, 1.165) is 50.3 Å². The highest BCUT2D eigenvalue weighted by Crippen LogP contribution is 2.60. The highest BCUT2D eigenvalue weighted by molar-refractivity contribution is 6.03. The summed E-state index contributed by atoms with van der Waals surface area (Å²) in [7, 11) is 0. The van der Waals surface area contributed by atoms with Crippen LogP contribution in [0.15, 0.2) is 146 Å². The second-order valence-electron chi connectivity index (χ2n) is 11.6. The summed E-state index contributed by atoms with van der Waals surface area (Å²) in [5.74, 6) is 1.74. The summed E-state index contributed by atoms with van der Waals surface area (Å²) in [5.41, 5.74) is 12.9. The summed E-state index contributed by atoms with van der Waals surface area (Å²) >= 11 is 0. The number of aromatic nitrogens is 4. The van der Waals surface area contributed by atoms with Crippen molar-refractivity contribution in [2.24, 2.45) is 0 Å². The minimum atomic E-state index is -0.511. The Kier molecular flexibility index (Phi) is 4.62. The van der Waals surface area contributed by atoms with E-state index in [4.69, 9.17) is 15.0 Å². The van der Waals surface area contributed by atoms with Crippen LogP contribution in [0.1, 0.15) is 22.5 Å². The van der Waals surface area contributed by atoms with E-state index in [1.807, 2.05) is 24.3 Å². The highest BCUT2D eigenvalue weighted by atomic mass is 15.1. The fourth-order valence-corrected chi connectivity index (χ4v) is 7.67. The number of para-hydroxylation sites is 3. The molecule has 6 aromatic carbocycles. The van der Waals surface area contributed by atoms with Crippen LogP contribution in [0.5, 0.6) is 0 Å². The molecule has 0 unspecified atom stereocenters. The molecular weight excluding hydrogens is 536 g/mol. The molecule has 44 heavy (non-hydrogen) atoms. The van der Waals surface area contributed by atoms with E-state index in [1.165, 1.54) is 27.8 Å². The van der Waals surface area contributed by atoms with Crippen molar-refractivity contribution in [2.75, 3.05) is 0 Å². The largest absolute Gasteiger partial charge is 0.294 e. The molecule has 0 bridgehead atoms. The third kappa shape index (κ3) is 2.89. The zero-order chi connectivity index (χ0) is 28.8. The van der Waals surface area contributed by atoms with Crippen molar-refractivity contribution in [2.45, 2.75) is 5.41 Å². The predicted octanol–water partition coefficient (Wildman–Crippen LogP) is 8.98. The van der Waals surface area contributed by atoms with E-state index in [9.17, 15) is 0 Å². The van der Waals surface area contributed by atoms with Crippen LogP contribution in [0.4, 0.5) is 0 Å². The molecule has 0 saturated heterocycles. The van der Waals surface area contributed by atoms with Crippen molar-refractivity contribution in [3.8, 4) is 39.5 Å². The fourth-order valence-electron chi connectivity index (χ4n) is 7.67. The Balaban J connectivity index is 1.35. The van der Waals surface area contributed by atoms with Gasteiger partial charge < -0.3 is 0 Å². The number of imidazole rings is 1. The molecule has 1 aliphatic heterocycles. The first-order valence-corrected chi connectivity index (χ1v) is 15.0. The lowest BCUT2D eigenvalue weighted by atomic mass is 9.73. The number of hydrogen-bond donors (Lipinski definition) is 0. The average Bonchev–Trinajstić information content (AvgIpc) is 3.72. The van der Waals surface area contributed by atoms with Crippen LogP contribution in [-0.2, 0) is 5.41 Å². The molecule has 0 N–H and O–H groups in total. The maximum atomic E-state index is 5.51. The first-order chi connectivity index (χ1) is 21.8. The van der Waals surface area contributed by atoms with Crippen LogP contribution in [-0.4, -0.2) is 19.5 Å². The van der Waals surface area contributed by atoms with Gasteiger partial charge in [0, 0.05) is 16.5 Å². The van der Waals surface area contributed by atoms with E-state index >= 15 is 0 Å². The molecule has 4 heteroatoms. The Morgan fingerprint density at radius 3 is 1.86 bits per heavy atom. The molecule has 0 atom stereocenters. The Labute approximate surface area is 254 Å². The van der Waals surface area contributed by atoms with Crippen LogP contribution in [0.2, 0.25) is 0 Å². The van der Waals surface area contributed by atoms with Crippen LogP contribution in [0.3, 0.4) is 0 Å². The Bertz CT molecular complexity index is 2410. The maximum absolute atomic E-state index is 5.51. The summed E-state index contributed by atoms with van der Waals surface area (Å²) < 4.78 is 2.40. The van der Waals surface area contributed by atoms with E-state index in [1.54, 1.807) is 0 Å². The number of nitrogens with zero attached hydrogens (tertiary/aromatic N) is 4. The van der Waals surface area contributed by atoms with Crippen LogP contribution >= 0.6 is 0 Å². The van der Waals surface area contributed by atoms with Gasteiger partial charge in [-0.3, -0.25) is 4.57 Å². The zero-order valence-corrected chi connectivity index (χ0v) is 23.6. The average molecular weight is 561 g/mol. The molecular formula is C40H24N4. The van der Waals surface area contributed by atoms with Gasteiger partial charge in [-0.25, -0.2) is 15.0 Å². The van der Waals surface area contributed by atoms with Gasteiger partial charge in [-0.15, -0.1) is 0 Å². The molecule has 10 rings (SSSR count). The minimum absolute atomic E-state index is 0.511. The van der Waals surface area contributed by atoms with Gasteiger partial charge in [-0.1, -0.05) is 127 Å². The maximum Gasteiger partial charge on any atom is 0.160 e. The number of fused-ring (bicyclic) bond motifs is 13. The first kappa shape index (κ1) is 23.7. The van der Waals surface area contributed by atoms with Crippen LogP contribution in [0, 0.1) is 0 Å². The highest BCUT2D eigenvalue weighted by Gasteiger charge is 2.54. The van der Waals surface area contributed by atoms with Gasteiger partial charge in [0.2, 0.25) is 0 Å². The van der Waals surface area contributed by atoms with Gasteiger partial charge in [0.15, 0.2) is 5.82 Å². The number of benzene rings is 6. The second-order valence-corrected chi connectivity index (χ2v) is 11.6. The van der Waals surface area contributed by atoms with E-state index in [0.29, 0.717) is 5.82 Å². The fraction of sp³-hybridized carbons (Fsp3) is 0.0250. The predicted molar refractivity (Wildman–Crippen MR) is 176 cm³/mol. The Morgan fingerprint density at radius 1 is 0.455 bits per heavy atom. The van der Waals surface area contributed by atoms with Crippen LogP contribution < -0.4 is 0 Å². The molecule has 2 aromatic heterocycles. The lowest BCUT2D eigenvalue weighted by Gasteiger charge is -2.27. The third-order valence-electron chi connectivity index (χ3n) is 9.40. The zero-order valence-electron chi connectivity index (χ0n) is 23.6. The molecule has 1 aliphatic carbocycles. The molecule has 3 heterocycles. The van der Waals surface area contributed by atoms with Crippen LogP contribution in [0.25, 0.3) is 61.4 Å². The number of rotatable bonds is 2. The van der Waals surface area contributed by atoms with Gasteiger partial charge >= 0.3 is 0 Å². The summed E-state index contributed by atoms with van der Waals surface area (Å²) in [6.45, 7) is 0. The molecule has 0 fully saturated rings. The van der Waals surface area contributed by atoms with Crippen molar-refractivity contribution in [3.63, 3.8) is 0 Å². The first-order valence-electron chi connectivity index (χ1n) is 15.0. The monoisotopic (exact) mass is 560 g/mol. The SMILES string of the molecule is c1ccc(-c2nc(-c3cccc4nc5n(c34)-c3ccccc3C53c4ccccc4-c4ccccc43)c3ccccc3n2)cc1. The van der Waals surface area contributed by atoms with E-state index < -0.39 is 5.41 Å². The summed E-state index contributed by atoms with van der Waals surface area (Å²) in [6, 6.07) is 51.4. The summed E-state index contributed by atoms with van der Waals surface area (Å²) in [6.07, 6.45) is 0. The van der Waals surface area contributed by atoms with Crippen molar-refractivity contribution in [1.29, 1.82) is 0 Å². The van der Waals surface area contributed by atoms with Gasteiger partial charge in [0.25, 0.3) is 0 Å². The minimum Gasteiger partial charge on any atom is -0.294 e. The lowest BCUT2D eigenvalue weighted by molar-refractivity contribution is 0.738. The summed E-state index contributed by atoms with van der Waals surface area (Å²) in [5, 5.41) is 1.02. The van der Waals surface area contributed by atoms with Crippen molar-refractivity contribution < 1.29 is 0 Å². The van der Waals surface area contributed by atoms with Crippen molar-refractivity contribution in [1.82, 2.24) is 19.5 Å². The smallest absolute Gasteiger partial charge is 0.160 e. The third-order valence-corrected chi connectivity index (χ3v) is 9.40. The Morgan fingerprint density at radius 2 is 1.07 bits per heavy atom. The molecule has 8 aromatic rings. The lowest BCUT2D eigenvalue weighted by Crippen LogP contribution is -2.27. The summed E-state index contributed by atoms with van der Waals surface area (Å²) in [4.78, 5) is 15.8. The van der Waals surface area contributed by atoms with Crippen molar-refractivity contribution in [3.05, 3.63) is 168 Å². The Hall–Kier alpha value is -5.87. The second kappa shape index (κ2) is 8.59. The molecule has 0 saturated carbocycles. The molecule has 1 spiro atoms. The topological polar surface area (TPSA) is 43.6 Å². The van der Waals surface area contributed by atoms with Gasteiger partial charge in [0.05, 0.1) is 27.9 Å². The quantitative estimate of drug-likeness (QED) is 0.212. The molecule has 4 nitrogen and oxygen atoms in total. The van der Waals surface area contributed by atoms with E-state index in [2.05, 4.69) is 126 Å². The van der Waals surface area contributed by atoms with Gasteiger partial charge in [-0.2, -0.15) is 0 Å². The normalized spacial score (nSPS) is 13.6. The van der Waals surface area contributed by atoms with E-state index in [-0.39, 0.29) is 0 Å². The van der Waals surface area contributed by atoms with Gasteiger partial charge in [0.1, 0.15) is 11.2 Å². The van der Waals surface area contributed by atoms with Crippen molar-refractivity contribution >= 4 is 21.9 Å². The molecule has 2 aliphatic rings. The number of hydrogen-bond acceptors (Lipinski definition) is 3. The molecule has 0 amide bonds. The molecule has 204 valence electrons. The standard InChI is InChI=1S/C40H24N4/c1-2-13-25(14-3-1)38-41-33-22-10-6-17-28(33)36(43-38)29-18-12-23-34-37(29)44-35-24-11-9-21-32(35)40(39(44)42-34)30-19-7-4-15-26(30)27-16-5-8-20-31(27)40/h1-24H. The van der Waals surface area contributed by atoms with Gasteiger partial charge in [-0.05, 0) is 46.0 Å². The molecule has 0 radical (unpaired) electrons.